The number of halogens is 3. The highest BCUT2D eigenvalue weighted by Gasteiger charge is 2.40. The van der Waals surface area contributed by atoms with Crippen LogP contribution >= 0.6 is 23.2 Å². The van der Waals surface area contributed by atoms with Crippen molar-refractivity contribution in [2.75, 3.05) is 5.88 Å². The van der Waals surface area contributed by atoms with Crippen LogP contribution in [0, 0.1) is 5.82 Å². The van der Waals surface area contributed by atoms with Gasteiger partial charge in [-0.3, -0.25) is 0 Å². The average molecular weight is 248 g/mol. The molecule has 0 bridgehead atoms. The maximum Gasteiger partial charge on any atom is 0.142 e. The van der Waals surface area contributed by atoms with Crippen LogP contribution in [0.5, 0.6) is 0 Å². The fourth-order valence-electron chi connectivity index (χ4n) is 1.45. The van der Waals surface area contributed by atoms with Gasteiger partial charge in [-0.05, 0) is 30.5 Å². The number of nitrogens with one attached hydrogen (secondary N) is 1. The van der Waals surface area contributed by atoms with E-state index in [1.807, 2.05) is 6.07 Å². The third-order valence-electron chi connectivity index (χ3n) is 2.76. The van der Waals surface area contributed by atoms with Crippen LogP contribution in [-0.2, 0) is 6.54 Å². The smallest absolute Gasteiger partial charge is 0.142 e. The molecule has 0 unspecified atom stereocenters. The van der Waals surface area contributed by atoms with Crippen LogP contribution in [0.4, 0.5) is 4.39 Å². The van der Waals surface area contributed by atoms with E-state index in [9.17, 15) is 4.39 Å². The zero-order valence-electron chi connectivity index (χ0n) is 8.19. The summed E-state index contributed by atoms with van der Waals surface area (Å²) in [5, 5.41) is 3.51. The van der Waals surface area contributed by atoms with Gasteiger partial charge >= 0.3 is 0 Å². The van der Waals surface area contributed by atoms with Crippen LogP contribution in [0.3, 0.4) is 0 Å². The SMILES string of the molecule is Fc1cc(CNC2(CCl)CC2)ccc1Cl. The summed E-state index contributed by atoms with van der Waals surface area (Å²) < 4.78 is 13.1. The molecule has 15 heavy (non-hydrogen) atoms. The molecular formula is C11H12Cl2FN. The molecule has 0 saturated heterocycles. The number of benzene rings is 1. The van der Waals surface area contributed by atoms with E-state index < -0.39 is 0 Å². The lowest BCUT2D eigenvalue weighted by molar-refractivity contribution is 0.540. The standard InChI is InChI=1S/C11H12Cl2FN/c12-7-11(3-4-11)15-6-8-1-2-9(13)10(14)5-8/h1-2,5,15H,3-4,6-7H2. The van der Waals surface area contributed by atoms with Gasteiger partial charge in [-0.25, -0.2) is 4.39 Å². The van der Waals surface area contributed by atoms with Gasteiger partial charge < -0.3 is 5.32 Å². The third kappa shape index (κ3) is 2.63. The first-order valence-corrected chi connectivity index (χ1v) is 5.81. The lowest BCUT2D eigenvalue weighted by Crippen LogP contribution is -2.32. The molecule has 1 saturated carbocycles. The van der Waals surface area contributed by atoms with Gasteiger partial charge in [0.1, 0.15) is 5.82 Å². The predicted molar refractivity (Wildman–Crippen MR) is 60.9 cm³/mol. The molecule has 2 rings (SSSR count). The van der Waals surface area contributed by atoms with Crippen LogP contribution in [-0.4, -0.2) is 11.4 Å². The zero-order valence-corrected chi connectivity index (χ0v) is 9.71. The second-order valence-electron chi connectivity index (χ2n) is 4.02. The first-order valence-electron chi connectivity index (χ1n) is 4.90. The Morgan fingerprint density at radius 3 is 2.67 bits per heavy atom. The van der Waals surface area contributed by atoms with Crippen molar-refractivity contribution in [3.63, 3.8) is 0 Å². The lowest BCUT2D eigenvalue weighted by atomic mass is 10.2. The quantitative estimate of drug-likeness (QED) is 0.806. The molecule has 0 radical (unpaired) electrons. The lowest BCUT2D eigenvalue weighted by Gasteiger charge is -2.13. The predicted octanol–water partition coefficient (Wildman–Crippen LogP) is 3.34. The van der Waals surface area contributed by atoms with Crippen molar-refractivity contribution in [3.05, 3.63) is 34.6 Å². The van der Waals surface area contributed by atoms with Gasteiger partial charge in [-0.1, -0.05) is 17.7 Å². The van der Waals surface area contributed by atoms with Crippen LogP contribution in [0.1, 0.15) is 18.4 Å². The molecule has 0 amide bonds. The van der Waals surface area contributed by atoms with Gasteiger partial charge in [0, 0.05) is 18.0 Å². The molecule has 1 aliphatic rings. The minimum absolute atomic E-state index is 0.0949. The molecule has 1 aromatic rings. The Morgan fingerprint density at radius 2 is 2.13 bits per heavy atom. The van der Waals surface area contributed by atoms with Crippen molar-refractivity contribution < 1.29 is 4.39 Å². The fraction of sp³-hybridized carbons (Fsp3) is 0.455. The first kappa shape index (κ1) is 11.2. The van der Waals surface area contributed by atoms with Crippen LogP contribution in [0.25, 0.3) is 0 Å². The Morgan fingerprint density at radius 1 is 1.40 bits per heavy atom. The average Bonchev–Trinajstić information content (AvgIpc) is 3.01. The van der Waals surface area contributed by atoms with Gasteiger partial charge in [0.15, 0.2) is 0 Å². The van der Waals surface area contributed by atoms with E-state index in [1.165, 1.54) is 6.07 Å². The highest BCUT2D eigenvalue weighted by Crippen LogP contribution is 2.36. The highest BCUT2D eigenvalue weighted by atomic mass is 35.5. The molecule has 1 aromatic carbocycles. The molecule has 0 spiro atoms. The monoisotopic (exact) mass is 247 g/mol. The van der Waals surface area contributed by atoms with E-state index in [0.29, 0.717) is 12.4 Å². The van der Waals surface area contributed by atoms with Crippen molar-refractivity contribution in [2.45, 2.75) is 24.9 Å². The fourth-order valence-corrected chi connectivity index (χ4v) is 1.93. The van der Waals surface area contributed by atoms with E-state index in [0.717, 1.165) is 18.4 Å². The Bertz CT molecular complexity index is 364. The Balaban J connectivity index is 1.96. The Labute approximate surface area is 98.6 Å². The molecule has 1 fully saturated rings. The molecule has 0 heterocycles. The van der Waals surface area contributed by atoms with Crippen LogP contribution < -0.4 is 5.32 Å². The summed E-state index contributed by atoms with van der Waals surface area (Å²) in [7, 11) is 0. The van der Waals surface area contributed by atoms with Crippen molar-refractivity contribution in [1.82, 2.24) is 5.32 Å². The maximum absolute atomic E-state index is 13.1. The first-order chi connectivity index (χ1) is 7.15. The van der Waals surface area contributed by atoms with Crippen LogP contribution in [0.15, 0.2) is 18.2 Å². The molecule has 0 atom stereocenters. The molecule has 0 aliphatic heterocycles. The van der Waals surface area contributed by atoms with Crippen molar-refractivity contribution in [1.29, 1.82) is 0 Å². The third-order valence-corrected chi connectivity index (χ3v) is 3.58. The molecule has 1 nitrogen and oxygen atoms in total. The molecule has 1 N–H and O–H groups in total. The summed E-state index contributed by atoms with van der Waals surface area (Å²) in [4.78, 5) is 0. The Kier molecular flexibility index (Phi) is 3.19. The summed E-state index contributed by atoms with van der Waals surface area (Å²) >= 11 is 11.4. The van der Waals surface area contributed by atoms with E-state index in [2.05, 4.69) is 5.32 Å². The van der Waals surface area contributed by atoms with E-state index in [-0.39, 0.29) is 16.4 Å². The van der Waals surface area contributed by atoms with Gasteiger partial charge in [-0.2, -0.15) is 0 Å². The number of rotatable bonds is 4. The Hall–Kier alpha value is -0.310. The highest BCUT2D eigenvalue weighted by molar-refractivity contribution is 6.30. The topological polar surface area (TPSA) is 12.0 Å². The summed E-state index contributed by atoms with van der Waals surface area (Å²) in [5.41, 5.74) is 0.991. The summed E-state index contributed by atoms with van der Waals surface area (Å²) in [5.74, 6) is 0.245. The summed E-state index contributed by atoms with van der Waals surface area (Å²) in [6.07, 6.45) is 2.21. The largest absolute Gasteiger partial charge is 0.306 e. The number of alkyl halides is 1. The van der Waals surface area contributed by atoms with E-state index in [4.69, 9.17) is 23.2 Å². The van der Waals surface area contributed by atoms with Crippen molar-refractivity contribution in [2.24, 2.45) is 0 Å². The molecule has 82 valence electrons. The number of hydrogen-bond acceptors (Lipinski definition) is 1. The van der Waals surface area contributed by atoms with Gasteiger partial charge in [0.25, 0.3) is 0 Å². The molecule has 4 heteroatoms. The minimum atomic E-state index is -0.369. The van der Waals surface area contributed by atoms with E-state index in [1.54, 1.807) is 6.07 Å². The maximum atomic E-state index is 13.1. The van der Waals surface area contributed by atoms with Gasteiger partial charge in [-0.15, -0.1) is 11.6 Å². The zero-order chi connectivity index (χ0) is 10.9. The minimum Gasteiger partial charge on any atom is -0.306 e. The van der Waals surface area contributed by atoms with Crippen molar-refractivity contribution >= 4 is 23.2 Å². The van der Waals surface area contributed by atoms with Gasteiger partial charge in [0.05, 0.1) is 5.02 Å². The van der Waals surface area contributed by atoms with Crippen LogP contribution in [0.2, 0.25) is 5.02 Å². The molecule has 0 aromatic heterocycles. The molecule has 1 aliphatic carbocycles. The second kappa shape index (κ2) is 4.28. The molecular weight excluding hydrogens is 236 g/mol. The van der Waals surface area contributed by atoms with Gasteiger partial charge in [0.2, 0.25) is 0 Å². The van der Waals surface area contributed by atoms with E-state index >= 15 is 0 Å². The normalized spacial score (nSPS) is 17.8. The summed E-state index contributed by atoms with van der Waals surface area (Å²) in [6.45, 7) is 0.640. The summed E-state index contributed by atoms with van der Waals surface area (Å²) in [6, 6.07) is 4.86. The number of hydrogen-bond donors (Lipinski definition) is 1. The van der Waals surface area contributed by atoms with Crippen molar-refractivity contribution in [3.8, 4) is 0 Å². The second-order valence-corrected chi connectivity index (χ2v) is 4.69.